The molecule has 0 aliphatic rings. The summed E-state index contributed by atoms with van der Waals surface area (Å²) in [6.45, 7) is 0. The minimum atomic E-state index is 0.971. The van der Waals surface area contributed by atoms with Crippen molar-refractivity contribution in [1.29, 1.82) is 0 Å². The number of hydrogen-bond acceptors (Lipinski definition) is 2. The number of rotatable bonds is 5. The molecule has 7 rings (SSSR count). The summed E-state index contributed by atoms with van der Waals surface area (Å²) in [5.41, 5.74) is 8.68. The van der Waals surface area contributed by atoms with E-state index in [0.29, 0.717) is 0 Å². The third-order valence-electron chi connectivity index (χ3n) is 7.04. The van der Waals surface area contributed by atoms with Crippen LogP contribution in [0.15, 0.2) is 152 Å². The van der Waals surface area contributed by atoms with Crippen LogP contribution in [-0.4, -0.2) is 9.55 Å². The van der Waals surface area contributed by atoms with Crippen LogP contribution in [0.5, 0.6) is 0 Å². The lowest BCUT2D eigenvalue weighted by molar-refractivity contribution is 1.12. The second-order valence-corrected chi connectivity index (χ2v) is 9.31. The number of fused-ring (bicyclic) bond motifs is 2. The highest BCUT2D eigenvalue weighted by Crippen LogP contribution is 2.44. The second kappa shape index (κ2) is 9.38. The molecule has 0 fully saturated rings. The van der Waals surface area contributed by atoms with Gasteiger partial charge in [-0.25, -0.2) is 0 Å². The fourth-order valence-electron chi connectivity index (χ4n) is 5.32. The SMILES string of the molecule is c1ccc(-c2cn(-c3ccccc3)c3c(N(c4ccccc4)c4cccc5ccccc45)ccnc23)cc1. The van der Waals surface area contributed by atoms with E-state index in [2.05, 4.69) is 155 Å². The van der Waals surface area contributed by atoms with Crippen LogP contribution in [-0.2, 0) is 0 Å². The van der Waals surface area contributed by atoms with Gasteiger partial charge >= 0.3 is 0 Å². The lowest BCUT2D eigenvalue weighted by Gasteiger charge is -2.28. The Morgan fingerprint density at radius 2 is 1.21 bits per heavy atom. The van der Waals surface area contributed by atoms with Gasteiger partial charge in [0, 0.05) is 34.7 Å². The molecular weight excluding hydrogens is 462 g/mol. The number of anilines is 3. The van der Waals surface area contributed by atoms with Gasteiger partial charge in [-0.2, -0.15) is 0 Å². The maximum absolute atomic E-state index is 4.95. The summed E-state index contributed by atoms with van der Waals surface area (Å²) in [6, 6.07) is 48.8. The number of hydrogen-bond donors (Lipinski definition) is 0. The number of benzene rings is 5. The van der Waals surface area contributed by atoms with E-state index in [1.165, 1.54) is 10.8 Å². The van der Waals surface area contributed by atoms with Crippen molar-refractivity contribution in [3.8, 4) is 16.8 Å². The van der Waals surface area contributed by atoms with Crippen molar-refractivity contribution < 1.29 is 0 Å². The van der Waals surface area contributed by atoms with Crippen molar-refractivity contribution >= 4 is 38.9 Å². The number of pyridine rings is 1. The summed E-state index contributed by atoms with van der Waals surface area (Å²) in [7, 11) is 0. The molecule has 0 saturated carbocycles. The lowest BCUT2D eigenvalue weighted by atomic mass is 10.1. The topological polar surface area (TPSA) is 21.1 Å². The number of nitrogens with zero attached hydrogens (tertiary/aromatic N) is 3. The van der Waals surface area contributed by atoms with E-state index >= 15 is 0 Å². The molecule has 0 saturated heterocycles. The molecule has 3 heteroatoms. The molecule has 7 aromatic rings. The van der Waals surface area contributed by atoms with Crippen LogP contribution in [0.3, 0.4) is 0 Å². The van der Waals surface area contributed by atoms with Gasteiger partial charge in [-0.05, 0) is 47.3 Å². The smallest absolute Gasteiger partial charge is 0.0984 e. The summed E-state index contributed by atoms with van der Waals surface area (Å²) in [5.74, 6) is 0. The minimum Gasteiger partial charge on any atom is -0.313 e. The first-order valence-corrected chi connectivity index (χ1v) is 12.8. The van der Waals surface area contributed by atoms with Gasteiger partial charge in [0.1, 0.15) is 0 Å². The average Bonchev–Trinajstić information content (AvgIpc) is 3.40. The first-order valence-electron chi connectivity index (χ1n) is 12.8. The average molecular weight is 488 g/mol. The van der Waals surface area contributed by atoms with E-state index in [1.807, 2.05) is 6.20 Å². The van der Waals surface area contributed by atoms with E-state index in [1.54, 1.807) is 0 Å². The van der Waals surface area contributed by atoms with Crippen molar-refractivity contribution in [2.75, 3.05) is 4.90 Å². The summed E-state index contributed by atoms with van der Waals surface area (Å²) in [5, 5.41) is 2.41. The van der Waals surface area contributed by atoms with Gasteiger partial charge in [-0.15, -0.1) is 0 Å². The summed E-state index contributed by atoms with van der Waals surface area (Å²) < 4.78 is 2.28. The quantitative estimate of drug-likeness (QED) is 0.241. The molecule has 180 valence electrons. The van der Waals surface area contributed by atoms with Gasteiger partial charge in [0.25, 0.3) is 0 Å². The van der Waals surface area contributed by atoms with Crippen LogP contribution >= 0.6 is 0 Å². The normalized spacial score (nSPS) is 11.2. The summed E-state index contributed by atoms with van der Waals surface area (Å²) in [4.78, 5) is 7.31. The van der Waals surface area contributed by atoms with E-state index in [4.69, 9.17) is 4.98 Å². The van der Waals surface area contributed by atoms with Crippen LogP contribution in [0.1, 0.15) is 0 Å². The highest BCUT2D eigenvalue weighted by molar-refractivity contribution is 6.06. The Kier molecular flexibility index (Phi) is 5.45. The first kappa shape index (κ1) is 22.1. The molecule has 0 spiro atoms. The standard InChI is InChI=1S/C35H25N3/c1-4-13-27(14-5-1)31-25-37(28-17-6-2-7-18-28)35-33(23-24-36-34(31)35)38(29-19-8-3-9-20-29)32-22-12-16-26-15-10-11-21-30(26)32/h1-25H. The van der Waals surface area contributed by atoms with Crippen LogP contribution in [0, 0.1) is 0 Å². The molecule has 38 heavy (non-hydrogen) atoms. The Labute approximate surface area is 221 Å². The van der Waals surface area contributed by atoms with E-state index in [9.17, 15) is 0 Å². The predicted molar refractivity (Wildman–Crippen MR) is 159 cm³/mol. The highest BCUT2D eigenvalue weighted by atomic mass is 15.2. The summed E-state index contributed by atoms with van der Waals surface area (Å²) in [6.07, 6.45) is 4.15. The monoisotopic (exact) mass is 487 g/mol. The molecule has 0 N–H and O–H groups in total. The highest BCUT2D eigenvalue weighted by Gasteiger charge is 2.22. The zero-order chi connectivity index (χ0) is 25.3. The number of aromatic nitrogens is 2. The Morgan fingerprint density at radius 1 is 0.553 bits per heavy atom. The fraction of sp³-hybridized carbons (Fsp3) is 0. The van der Waals surface area contributed by atoms with Crippen molar-refractivity contribution in [2.45, 2.75) is 0 Å². The third kappa shape index (κ3) is 3.73. The van der Waals surface area contributed by atoms with Gasteiger partial charge in [0.2, 0.25) is 0 Å². The number of para-hydroxylation sites is 2. The van der Waals surface area contributed by atoms with Crippen molar-refractivity contribution in [3.63, 3.8) is 0 Å². The molecule has 3 nitrogen and oxygen atoms in total. The van der Waals surface area contributed by atoms with Gasteiger partial charge in [0.05, 0.1) is 22.4 Å². The van der Waals surface area contributed by atoms with Crippen molar-refractivity contribution in [3.05, 3.63) is 152 Å². The van der Waals surface area contributed by atoms with E-state index in [-0.39, 0.29) is 0 Å². The van der Waals surface area contributed by atoms with Gasteiger partial charge in [-0.3, -0.25) is 4.98 Å². The van der Waals surface area contributed by atoms with Gasteiger partial charge in [0.15, 0.2) is 0 Å². The third-order valence-corrected chi connectivity index (χ3v) is 7.04. The molecular formula is C35H25N3. The zero-order valence-corrected chi connectivity index (χ0v) is 20.8. The molecule has 0 aliphatic heterocycles. The van der Waals surface area contributed by atoms with Crippen LogP contribution in [0.4, 0.5) is 17.1 Å². The molecule has 0 atom stereocenters. The minimum absolute atomic E-state index is 0.971. The summed E-state index contributed by atoms with van der Waals surface area (Å²) >= 11 is 0. The van der Waals surface area contributed by atoms with Gasteiger partial charge < -0.3 is 9.47 Å². The molecule has 5 aromatic carbocycles. The molecule has 2 aromatic heterocycles. The first-order chi connectivity index (χ1) is 18.9. The van der Waals surface area contributed by atoms with Crippen LogP contribution < -0.4 is 4.90 Å². The zero-order valence-electron chi connectivity index (χ0n) is 20.8. The Balaban J connectivity index is 1.59. The van der Waals surface area contributed by atoms with Crippen LogP contribution in [0.2, 0.25) is 0 Å². The fourth-order valence-corrected chi connectivity index (χ4v) is 5.32. The lowest BCUT2D eigenvalue weighted by Crippen LogP contribution is -2.12. The Morgan fingerprint density at radius 3 is 2.00 bits per heavy atom. The van der Waals surface area contributed by atoms with Crippen LogP contribution in [0.25, 0.3) is 38.6 Å². The van der Waals surface area contributed by atoms with E-state index in [0.717, 1.165) is 44.9 Å². The second-order valence-electron chi connectivity index (χ2n) is 9.31. The molecule has 0 aliphatic carbocycles. The molecule has 0 bridgehead atoms. The maximum Gasteiger partial charge on any atom is 0.0984 e. The van der Waals surface area contributed by atoms with Crippen molar-refractivity contribution in [2.24, 2.45) is 0 Å². The maximum atomic E-state index is 4.95. The molecule has 0 radical (unpaired) electrons. The van der Waals surface area contributed by atoms with Gasteiger partial charge in [-0.1, -0.05) is 103 Å². The Bertz CT molecular complexity index is 1850. The predicted octanol–water partition coefficient (Wildman–Crippen LogP) is 9.32. The molecule has 2 heterocycles. The molecule has 0 unspecified atom stereocenters. The van der Waals surface area contributed by atoms with Crippen molar-refractivity contribution in [1.82, 2.24) is 9.55 Å². The van der Waals surface area contributed by atoms with E-state index < -0.39 is 0 Å². The Hall–Kier alpha value is -5.15. The molecule has 0 amide bonds. The largest absolute Gasteiger partial charge is 0.313 e.